The smallest absolute Gasteiger partial charge is 0.199 e. The van der Waals surface area contributed by atoms with E-state index in [9.17, 15) is 4.79 Å². The summed E-state index contributed by atoms with van der Waals surface area (Å²) < 4.78 is 5.64. The first-order chi connectivity index (χ1) is 9.22. The van der Waals surface area contributed by atoms with Crippen molar-refractivity contribution in [1.29, 1.82) is 0 Å². The van der Waals surface area contributed by atoms with E-state index >= 15 is 0 Å². The number of nitrogens with one attached hydrogen (secondary N) is 1. The second kappa shape index (κ2) is 5.39. The number of Topliss-reactive ketones (excluding diaryl/α,β-unsaturated/α-hetero) is 1. The monoisotopic (exact) mass is 275 g/mol. The van der Waals surface area contributed by atoms with Crippen molar-refractivity contribution in [2.24, 2.45) is 0 Å². The maximum Gasteiger partial charge on any atom is 0.199 e. The van der Waals surface area contributed by atoms with Crippen LogP contribution in [0.1, 0.15) is 22.5 Å². The summed E-state index contributed by atoms with van der Waals surface area (Å²) in [5.74, 6) is 2.71. The number of ketones is 1. The molecule has 19 heavy (non-hydrogen) atoms. The highest BCUT2D eigenvalue weighted by molar-refractivity contribution is 7.99. The Morgan fingerprint density at radius 2 is 2.37 bits per heavy atom. The summed E-state index contributed by atoms with van der Waals surface area (Å²) >= 11 is 1.90. The lowest BCUT2D eigenvalue weighted by Gasteiger charge is -2.21. The molecule has 0 aliphatic carbocycles. The summed E-state index contributed by atoms with van der Waals surface area (Å²) in [4.78, 5) is 12.2. The van der Waals surface area contributed by atoms with Crippen LogP contribution in [0.15, 0.2) is 28.7 Å². The molecule has 0 bridgehead atoms. The number of hydrogen-bond donors (Lipinski definition) is 1. The van der Waals surface area contributed by atoms with Crippen LogP contribution in [0.2, 0.25) is 0 Å². The fraction of sp³-hybridized carbons (Fsp3) is 0.400. The van der Waals surface area contributed by atoms with Crippen molar-refractivity contribution in [3.63, 3.8) is 0 Å². The number of hydrogen-bond acceptors (Lipinski definition) is 4. The Kier molecular flexibility index (Phi) is 3.62. The molecule has 1 aliphatic rings. The van der Waals surface area contributed by atoms with Crippen LogP contribution in [-0.2, 0) is 0 Å². The minimum atomic E-state index is 0.0915. The molecule has 0 spiro atoms. The van der Waals surface area contributed by atoms with Crippen LogP contribution >= 0.6 is 11.8 Å². The molecule has 1 atom stereocenters. The topological polar surface area (TPSA) is 42.2 Å². The maximum absolute atomic E-state index is 12.2. The zero-order valence-corrected chi connectivity index (χ0v) is 11.8. The summed E-state index contributed by atoms with van der Waals surface area (Å²) in [5, 5.41) is 4.39. The number of aryl methyl sites for hydroxylation is 1. The molecule has 2 heterocycles. The maximum atomic E-state index is 12.2. The van der Waals surface area contributed by atoms with Gasteiger partial charge in [-0.15, -0.1) is 0 Å². The molecule has 1 aromatic carbocycles. The molecule has 3 nitrogen and oxygen atoms in total. The van der Waals surface area contributed by atoms with Gasteiger partial charge in [0.25, 0.3) is 0 Å². The van der Waals surface area contributed by atoms with Crippen LogP contribution in [0.5, 0.6) is 0 Å². The van der Waals surface area contributed by atoms with Crippen molar-refractivity contribution in [2.75, 3.05) is 18.1 Å². The van der Waals surface area contributed by atoms with Gasteiger partial charge in [-0.25, -0.2) is 0 Å². The fourth-order valence-corrected chi connectivity index (χ4v) is 3.32. The molecule has 1 saturated heterocycles. The normalized spacial score (nSPS) is 19.7. The Morgan fingerprint density at radius 3 is 3.16 bits per heavy atom. The molecule has 0 amide bonds. The number of furan rings is 1. The predicted molar refractivity (Wildman–Crippen MR) is 79.0 cm³/mol. The highest BCUT2D eigenvalue weighted by Crippen LogP contribution is 2.22. The second-order valence-electron chi connectivity index (χ2n) is 5.01. The lowest BCUT2D eigenvalue weighted by atomic mass is 10.1. The van der Waals surface area contributed by atoms with Gasteiger partial charge < -0.3 is 9.73 Å². The highest BCUT2D eigenvalue weighted by Gasteiger charge is 2.20. The average Bonchev–Trinajstić information content (AvgIpc) is 2.83. The third-order valence-electron chi connectivity index (χ3n) is 3.38. The van der Waals surface area contributed by atoms with Crippen LogP contribution in [-0.4, -0.2) is 29.9 Å². The van der Waals surface area contributed by atoms with E-state index in [-0.39, 0.29) is 11.8 Å². The van der Waals surface area contributed by atoms with Crippen LogP contribution in [0.4, 0.5) is 0 Å². The zero-order chi connectivity index (χ0) is 13.2. The standard InChI is InChI=1S/C15H17NO2S/c1-10-2-3-14-11(6-10)7-15(18-14)13(17)8-12-9-19-5-4-16-12/h2-3,6-7,12,16H,4-5,8-9H2,1H3. The molecular formula is C15H17NO2S. The average molecular weight is 275 g/mol. The molecule has 0 saturated carbocycles. The lowest BCUT2D eigenvalue weighted by Crippen LogP contribution is -2.38. The second-order valence-corrected chi connectivity index (χ2v) is 6.16. The number of carbonyl (C=O) groups excluding carboxylic acids is 1. The molecule has 1 unspecified atom stereocenters. The first-order valence-corrected chi connectivity index (χ1v) is 7.72. The molecule has 1 fully saturated rings. The SMILES string of the molecule is Cc1ccc2oc(C(=O)CC3CSCCN3)cc2c1. The summed E-state index contributed by atoms with van der Waals surface area (Å²) in [7, 11) is 0. The largest absolute Gasteiger partial charge is 0.453 e. The Labute approximate surface area is 116 Å². The zero-order valence-electron chi connectivity index (χ0n) is 10.9. The summed E-state index contributed by atoms with van der Waals surface area (Å²) in [6, 6.07) is 8.11. The Morgan fingerprint density at radius 1 is 1.47 bits per heavy atom. The van der Waals surface area contributed by atoms with E-state index in [0.717, 1.165) is 29.0 Å². The van der Waals surface area contributed by atoms with Gasteiger partial charge in [-0.05, 0) is 25.1 Å². The van der Waals surface area contributed by atoms with Crippen molar-refractivity contribution in [3.8, 4) is 0 Å². The van der Waals surface area contributed by atoms with E-state index in [1.807, 2.05) is 43.0 Å². The van der Waals surface area contributed by atoms with Gasteiger partial charge in [0.2, 0.25) is 0 Å². The number of benzene rings is 1. The van der Waals surface area contributed by atoms with Crippen molar-refractivity contribution in [2.45, 2.75) is 19.4 Å². The number of fused-ring (bicyclic) bond motifs is 1. The van der Waals surface area contributed by atoms with Crippen molar-refractivity contribution in [3.05, 3.63) is 35.6 Å². The quantitative estimate of drug-likeness (QED) is 0.874. The van der Waals surface area contributed by atoms with Gasteiger partial charge in [0, 0.05) is 35.9 Å². The van der Waals surface area contributed by atoms with Crippen LogP contribution < -0.4 is 5.32 Å². The van der Waals surface area contributed by atoms with E-state index in [1.54, 1.807) is 0 Å². The Balaban J connectivity index is 1.77. The van der Waals surface area contributed by atoms with Crippen LogP contribution in [0.25, 0.3) is 11.0 Å². The fourth-order valence-electron chi connectivity index (χ4n) is 2.38. The summed E-state index contributed by atoms with van der Waals surface area (Å²) in [5.41, 5.74) is 1.97. The number of rotatable bonds is 3. The van der Waals surface area contributed by atoms with Gasteiger partial charge in [-0.3, -0.25) is 4.79 Å². The van der Waals surface area contributed by atoms with Crippen molar-refractivity contribution < 1.29 is 9.21 Å². The van der Waals surface area contributed by atoms with Crippen molar-refractivity contribution in [1.82, 2.24) is 5.32 Å². The van der Waals surface area contributed by atoms with E-state index in [0.29, 0.717) is 12.2 Å². The van der Waals surface area contributed by atoms with Gasteiger partial charge in [0.05, 0.1) is 0 Å². The molecule has 100 valence electrons. The predicted octanol–water partition coefficient (Wildman–Crippen LogP) is 3.02. The Hall–Kier alpha value is -1.26. The molecule has 4 heteroatoms. The lowest BCUT2D eigenvalue weighted by molar-refractivity contribution is 0.0947. The third-order valence-corrected chi connectivity index (χ3v) is 4.51. The Bertz CT molecular complexity index is 599. The van der Waals surface area contributed by atoms with E-state index in [2.05, 4.69) is 5.32 Å². The summed E-state index contributed by atoms with van der Waals surface area (Å²) in [6.45, 7) is 3.03. The summed E-state index contributed by atoms with van der Waals surface area (Å²) in [6.07, 6.45) is 0.520. The van der Waals surface area contributed by atoms with Crippen molar-refractivity contribution >= 4 is 28.5 Å². The van der Waals surface area contributed by atoms with Gasteiger partial charge in [0.1, 0.15) is 5.58 Å². The molecule has 2 aromatic rings. The minimum Gasteiger partial charge on any atom is -0.453 e. The molecule has 3 rings (SSSR count). The highest BCUT2D eigenvalue weighted by atomic mass is 32.2. The van der Waals surface area contributed by atoms with E-state index in [4.69, 9.17) is 4.42 Å². The van der Waals surface area contributed by atoms with Gasteiger partial charge in [0.15, 0.2) is 11.5 Å². The first-order valence-electron chi connectivity index (χ1n) is 6.57. The molecule has 1 aromatic heterocycles. The van der Waals surface area contributed by atoms with E-state index < -0.39 is 0 Å². The number of thioether (sulfide) groups is 1. The number of carbonyl (C=O) groups is 1. The molecule has 1 N–H and O–H groups in total. The van der Waals surface area contributed by atoms with Gasteiger partial charge in [-0.1, -0.05) is 11.6 Å². The third kappa shape index (κ3) is 2.85. The molecule has 0 radical (unpaired) electrons. The van der Waals surface area contributed by atoms with Gasteiger partial charge in [-0.2, -0.15) is 11.8 Å². The first kappa shape index (κ1) is 12.8. The van der Waals surface area contributed by atoms with Gasteiger partial charge >= 0.3 is 0 Å². The van der Waals surface area contributed by atoms with Crippen LogP contribution in [0.3, 0.4) is 0 Å². The van der Waals surface area contributed by atoms with Crippen LogP contribution in [0, 0.1) is 6.92 Å². The molecule has 1 aliphatic heterocycles. The minimum absolute atomic E-state index is 0.0915. The molecular weight excluding hydrogens is 258 g/mol. The van der Waals surface area contributed by atoms with E-state index in [1.165, 1.54) is 5.56 Å².